The summed E-state index contributed by atoms with van der Waals surface area (Å²) in [6.45, 7) is 1.52. The number of benzene rings is 2. The van der Waals surface area contributed by atoms with E-state index in [0.29, 0.717) is 33.0 Å². The number of hydrogen-bond acceptors (Lipinski definition) is 5. The average molecular weight is 387 g/mol. The molecule has 2 N–H and O–H groups in total. The average Bonchev–Trinajstić information content (AvgIpc) is 3.11. The largest absolute Gasteiger partial charge is 0.321 e. The first-order valence-electron chi connectivity index (χ1n) is 7.74. The Hall–Kier alpha value is -2.64. The molecule has 0 atom stereocenters. The van der Waals surface area contributed by atoms with Crippen LogP contribution in [-0.2, 0) is 4.79 Å². The molecular formula is C18H15ClN4O2S. The first-order chi connectivity index (χ1) is 12.5. The van der Waals surface area contributed by atoms with E-state index in [1.54, 1.807) is 42.5 Å². The number of carbonyl (C=O) groups is 2. The molecule has 132 valence electrons. The summed E-state index contributed by atoms with van der Waals surface area (Å²) >= 11 is 7.33. The van der Waals surface area contributed by atoms with Gasteiger partial charge in [0.25, 0.3) is 5.91 Å². The maximum Gasteiger partial charge on any atom is 0.255 e. The molecule has 1 aromatic heterocycles. The molecule has 0 aliphatic heterocycles. The van der Waals surface area contributed by atoms with Crippen LogP contribution in [0.15, 0.2) is 53.7 Å². The third-order valence-corrected chi connectivity index (χ3v) is 4.71. The van der Waals surface area contributed by atoms with Crippen molar-refractivity contribution in [2.75, 3.05) is 11.1 Å². The summed E-state index contributed by atoms with van der Waals surface area (Å²) in [5.41, 5.74) is 1.74. The number of ketones is 1. The number of H-pyrrole nitrogens is 1. The van der Waals surface area contributed by atoms with Gasteiger partial charge in [-0.3, -0.25) is 14.7 Å². The molecule has 8 heteroatoms. The Morgan fingerprint density at radius 3 is 2.77 bits per heavy atom. The molecule has 0 spiro atoms. The number of rotatable bonds is 6. The van der Waals surface area contributed by atoms with Crippen LogP contribution in [0.1, 0.15) is 17.3 Å². The SMILES string of the molecule is CC(=O)CSc1n[nH]c(-c2cccc(C(=O)Nc3ccccc3Cl)c2)n1. The van der Waals surface area contributed by atoms with Crippen molar-refractivity contribution in [2.45, 2.75) is 12.1 Å². The lowest BCUT2D eigenvalue weighted by Crippen LogP contribution is -2.12. The van der Waals surface area contributed by atoms with E-state index in [0.717, 1.165) is 5.56 Å². The molecule has 6 nitrogen and oxygen atoms in total. The second kappa shape index (κ2) is 8.16. The van der Waals surface area contributed by atoms with Crippen molar-refractivity contribution in [1.29, 1.82) is 0 Å². The minimum atomic E-state index is -0.273. The lowest BCUT2D eigenvalue weighted by Gasteiger charge is -2.07. The summed E-state index contributed by atoms with van der Waals surface area (Å²) in [5.74, 6) is 0.631. The van der Waals surface area contributed by atoms with Gasteiger partial charge in [-0.25, -0.2) is 4.98 Å². The van der Waals surface area contributed by atoms with Crippen LogP contribution < -0.4 is 5.32 Å². The number of anilines is 1. The Morgan fingerprint density at radius 1 is 1.19 bits per heavy atom. The van der Waals surface area contributed by atoms with Crippen LogP contribution in [0.5, 0.6) is 0 Å². The molecule has 3 aromatic rings. The van der Waals surface area contributed by atoms with Crippen molar-refractivity contribution in [1.82, 2.24) is 15.2 Å². The van der Waals surface area contributed by atoms with E-state index < -0.39 is 0 Å². The predicted molar refractivity (Wildman–Crippen MR) is 103 cm³/mol. The normalized spacial score (nSPS) is 10.5. The van der Waals surface area contributed by atoms with Crippen LogP contribution >= 0.6 is 23.4 Å². The maximum absolute atomic E-state index is 12.5. The zero-order valence-corrected chi connectivity index (χ0v) is 15.4. The second-order valence-corrected chi connectivity index (χ2v) is 6.82. The zero-order chi connectivity index (χ0) is 18.5. The number of carbonyl (C=O) groups excluding carboxylic acids is 2. The Balaban J connectivity index is 1.77. The Labute approximate surface area is 159 Å². The number of thioether (sulfide) groups is 1. The quantitative estimate of drug-likeness (QED) is 0.624. The standard InChI is InChI=1S/C18H15ClN4O2S/c1-11(24)10-26-18-21-16(22-23-18)12-5-4-6-13(9-12)17(25)20-15-8-3-2-7-14(15)19/h2-9H,10H2,1H3,(H,20,25)(H,21,22,23). The summed E-state index contributed by atoms with van der Waals surface area (Å²) in [5, 5.41) is 10.6. The van der Waals surface area contributed by atoms with Crippen LogP contribution in [0, 0.1) is 0 Å². The first kappa shape index (κ1) is 18.2. The molecule has 26 heavy (non-hydrogen) atoms. The molecule has 0 bridgehead atoms. The molecular weight excluding hydrogens is 372 g/mol. The number of amides is 1. The van der Waals surface area contributed by atoms with Crippen LogP contribution in [0.4, 0.5) is 5.69 Å². The second-order valence-electron chi connectivity index (χ2n) is 5.47. The van der Waals surface area contributed by atoms with E-state index in [2.05, 4.69) is 20.5 Å². The van der Waals surface area contributed by atoms with Gasteiger partial charge in [0.2, 0.25) is 5.16 Å². The van der Waals surface area contributed by atoms with Crippen LogP contribution in [0.3, 0.4) is 0 Å². The van der Waals surface area contributed by atoms with Gasteiger partial charge >= 0.3 is 0 Å². The molecule has 0 radical (unpaired) electrons. The highest BCUT2D eigenvalue weighted by molar-refractivity contribution is 7.99. The number of para-hydroxylation sites is 1. The monoisotopic (exact) mass is 386 g/mol. The van der Waals surface area contributed by atoms with Crippen molar-refractivity contribution >= 4 is 40.7 Å². The van der Waals surface area contributed by atoms with Gasteiger partial charge in [0.1, 0.15) is 5.78 Å². The van der Waals surface area contributed by atoms with Gasteiger partial charge in [-0.1, -0.05) is 47.6 Å². The van der Waals surface area contributed by atoms with E-state index in [-0.39, 0.29) is 11.7 Å². The molecule has 0 aliphatic rings. The van der Waals surface area contributed by atoms with Crippen molar-refractivity contribution in [3.63, 3.8) is 0 Å². The van der Waals surface area contributed by atoms with Gasteiger partial charge in [-0.15, -0.1) is 5.10 Å². The smallest absolute Gasteiger partial charge is 0.255 e. The number of hydrogen-bond donors (Lipinski definition) is 2. The number of Topliss-reactive ketones (excluding diaryl/α,β-unsaturated/α-hetero) is 1. The van der Waals surface area contributed by atoms with E-state index in [4.69, 9.17) is 11.6 Å². The fourth-order valence-corrected chi connectivity index (χ4v) is 2.95. The summed E-state index contributed by atoms with van der Waals surface area (Å²) in [6.07, 6.45) is 0. The summed E-state index contributed by atoms with van der Waals surface area (Å²) in [7, 11) is 0. The van der Waals surface area contributed by atoms with Gasteiger partial charge in [0, 0.05) is 11.1 Å². The van der Waals surface area contributed by atoms with Crippen molar-refractivity contribution < 1.29 is 9.59 Å². The number of aromatic amines is 1. The Morgan fingerprint density at radius 2 is 2.00 bits per heavy atom. The van der Waals surface area contributed by atoms with Gasteiger partial charge in [-0.05, 0) is 31.2 Å². The third kappa shape index (κ3) is 4.50. The third-order valence-electron chi connectivity index (χ3n) is 3.39. The highest BCUT2D eigenvalue weighted by atomic mass is 35.5. The van der Waals surface area contributed by atoms with E-state index in [1.165, 1.54) is 18.7 Å². The number of nitrogens with one attached hydrogen (secondary N) is 2. The summed E-state index contributed by atoms with van der Waals surface area (Å²) in [6, 6.07) is 14.1. The predicted octanol–water partition coefficient (Wildman–Crippen LogP) is 4.06. The number of aromatic nitrogens is 3. The minimum Gasteiger partial charge on any atom is -0.321 e. The molecule has 0 fully saturated rings. The summed E-state index contributed by atoms with van der Waals surface area (Å²) in [4.78, 5) is 27.9. The van der Waals surface area contributed by atoms with E-state index >= 15 is 0 Å². The molecule has 0 saturated carbocycles. The maximum atomic E-state index is 12.5. The van der Waals surface area contributed by atoms with Crippen molar-refractivity contribution in [2.24, 2.45) is 0 Å². The molecule has 2 aromatic carbocycles. The van der Waals surface area contributed by atoms with Gasteiger partial charge in [-0.2, -0.15) is 0 Å². The van der Waals surface area contributed by atoms with Crippen LogP contribution in [0.2, 0.25) is 5.02 Å². The van der Waals surface area contributed by atoms with Crippen molar-refractivity contribution in [3.05, 3.63) is 59.1 Å². The molecule has 3 rings (SSSR count). The first-order valence-corrected chi connectivity index (χ1v) is 9.10. The Kier molecular flexibility index (Phi) is 5.70. The zero-order valence-electron chi connectivity index (χ0n) is 13.8. The van der Waals surface area contributed by atoms with Crippen LogP contribution in [-0.4, -0.2) is 32.6 Å². The highest BCUT2D eigenvalue weighted by Gasteiger charge is 2.12. The van der Waals surface area contributed by atoms with E-state index in [1.807, 2.05) is 6.07 Å². The number of nitrogens with zero attached hydrogens (tertiary/aromatic N) is 2. The van der Waals surface area contributed by atoms with Crippen LogP contribution in [0.25, 0.3) is 11.4 Å². The minimum absolute atomic E-state index is 0.0552. The van der Waals surface area contributed by atoms with E-state index in [9.17, 15) is 9.59 Å². The fourth-order valence-electron chi connectivity index (χ4n) is 2.17. The Bertz CT molecular complexity index is 958. The van der Waals surface area contributed by atoms with Crippen molar-refractivity contribution in [3.8, 4) is 11.4 Å². The molecule has 0 aliphatic carbocycles. The molecule has 0 unspecified atom stereocenters. The topological polar surface area (TPSA) is 87.7 Å². The molecule has 0 saturated heterocycles. The van der Waals surface area contributed by atoms with Gasteiger partial charge in [0.15, 0.2) is 5.82 Å². The highest BCUT2D eigenvalue weighted by Crippen LogP contribution is 2.23. The summed E-state index contributed by atoms with van der Waals surface area (Å²) < 4.78 is 0. The molecule has 1 heterocycles. The van der Waals surface area contributed by atoms with Gasteiger partial charge in [0.05, 0.1) is 16.5 Å². The lowest BCUT2D eigenvalue weighted by molar-refractivity contribution is -0.114. The molecule has 1 amide bonds. The number of halogens is 1. The lowest BCUT2D eigenvalue weighted by atomic mass is 10.1. The van der Waals surface area contributed by atoms with Gasteiger partial charge < -0.3 is 5.32 Å². The fraction of sp³-hybridized carbons (Fsp3) is 0.111.